The van der Waals surface area contributed by atoms with Gasteiger partial charge in [-0.25, -0.2) is 0 Å². The van der Waals surface area contributed by atoms with Crippen molar-refractivity contribution >= 4 is 11.9 Å². The number of hydrogen-bond acceptors (Lipinski definition) is 4. The third kappa shape index (κ3) is 3.32. The largest absolute Gasteiger partial charge is 0.481 e. The van der Waals surface area contributed by atoms with Gasteiger partial charge in [0.05, 0.1) is 5.41 Å². The summed E-state index contributed by atoms with van der Waals surface area (Å²) in [5.41, 5.74) is 0.567. The van der Waals surface area contributed by atoms with Gasteiger partial charge < -0.3 is 14.9 Å². The van der Waals surface area contributed by atoms with Gasteiger partial charge >= 0.3 is 5.97 Å². The fourth-order valence-electron chi connectivity index (χ4n) is 3.16. The van der Waals surface area contributed by atoms with Gasteiger partial charge in [0.15, 0.2) is 0 Å². The summed E-state index contributed by atoms with van der Waals surface area (Å²) in [6.45, 7) is 0.114. The van der Waals surface area contributed by atoms with Crippen LogP contribution in [0.2, 0.25) is 0 Å². The molecule has 0 atom stereocenters. The van der Waals surface area contributed by atoms with Gasteiger partial charge in [-0.1, -0.05) is 54.8 Å². The van der Waals surface area contributed by atoms with Crippen molar-refractivity contribution in [3.05, 3.63) is 42.2 Å². The summed E-state index contributed by atoms with van der Waals surface area (Å²) in [7, 11) is 0. The van der Waals surface area contributed by atoms with Gasteiger partial charge in [-0.2, -0.15) is 0 Å². The average Bonchev–Trinajstić information content (AvgIpc) is 3.11. The van der Waals surface area contributed by atoms with Crippen molar-refractivity contribution in [1.82, 2.24) is 10.5 Å². The summed E-state index contributed by atoms with van der Waals surface area (Å²) in [5.74, 6) is -1.19. The zero-order valence-electron chi connectivity index (χ0n) is 13.3. The number of hydrogen-bond donors (Lipinski definition) is 2. The fraction of sp³-hybridized carbons (Fsp3) is 0.389. The molecule has 2 N–H and O–H groups in total. The molecule has 1 amide bonds. The summed E-state index contributed by atoms with van der Waals surface area (Å²) in [4.78, 5) is 23.9. The molecular formula is C18H20N2O4. The molecule has 1 saturated carbocycles. The molecule has 6 heteroatoms. The number of rotatable bonds is 5. The number of nitrogens with zero attached hydrogens (tertiary/aromatic N) is 1. The molecular weight excluding hydrogens is 308 g/mol. The Hall–Kier alpha value is -2.63. The van der Waals surface area contributed by atoms with Crippen LogP contribution in [0.25, 0.3) is 11.3 Å². The molecule has 1 aliphatic rings. The van der Waals surface area contributed by atoms with Crippen LogP contribution in [-0.4, -0.2) is 28.7 Å². The summed E-state index contributed by atoms with van der Waals surface area (Å²) < 4.78 is 5.10. The number of carbonyl (C=O) groups excluding carboxylic acids is 1. The number of aromatic nitrogens is 1. The van der Waals surface area contributed by atoms with Gasteiger partial charge in [0.1, 0.15) is 5.69 Å². The molecule has 1 heterocycles. The molecule has 1 fully saturated rings. The lowest BCUT2D eigenvalue weighted by Crippen LogP contribution is -2.44. The smallest absolute Gasteiger partial charge is 0.311 e. The summed E-state index contributed by atoms with van der Waals surface area (Å²) in [6, 6.07) is 11.0. The maximum Gasteiger partial charge on any atom is 0.311 e. The molecule has 0 bridgehead atoms. The molecule has 0 saturated heterocycles. The average molecular weight is 328 g/mol. The molecule has 0 aliphatic heterocycles. The Morgan fingerprint density at radius 1 is 1.17 bits per heavy atom. The van der Waals surface area contributed by atoms with Crippen LogP contribution in [0, 0.1) is 5.41 Å². The molecule has 6 nitrogen and oxygen atoms in total. The van der Waals surface area contributed by atoms with Crippen LogP contribution in [0.3, 0.4) is 0 Å². The first-order valence-corrected chi connectivity index (χ1v) is 8.14. The van der Waals surface area contributed by atoms with Crippen LogP contribution in [0.5, 0.6) is 0 Å². The van der Waals surface area contributed by atoms with Crippen LogP contribution < -0.4 is 5.32 Å². The highest BCUT2D eigenvalue weighted by atomic mass is 16.5. The van der Waals surface area contributed by atoms with Crippen LogP contribution in [0.1, 0.15) is 42.7 Å². The Balaban J connectivity index is 1.67. The number of aliphatic carboxylic acids is 1. The van der Waals surface area contributed by atoms with Crippen molar-refractivity contribution in [1.29, 1.82) is 0 Å². The van der Waals surface area contributed by atoms with E-state index in [1.54, 1.807) is 6.07 Å². The number of carboxylic acids is 1. The van der Waals surface area contributed by atoms with Gasteiger partial charge in [-0.15, -0.1) is 0 Å². The van der Waals surface area contributed by atoms with E-state index in [0.29, 0.717) is 18.5 Å². The van der Waals surface area contributed by atoms with Crippen molar-refractivity contribution in [2.24, 2.45) is 5.41 Å². The number of nitrogens with one attached hydrogen (secondary N) is 1. The van der Waals surface area contributed by atoms with E-state index in [1.165, 1.54) is 0 Å². The number of amides is 1. The van der Waals surface area contributed by atoms with E-state index in [2.05, 4.69) is 10.5 Å². The Labute approximate surface area is 139 Å². The second kappa shape index (κ2) is 6.86. The molecule has 126 valence electrons. The van der Waals surface area contributed by atoms with Gasteiger partial charge in [-0.3, -0.25) is 9.59 Å². The van der Waals surface area contributed by atoms with Crippen molar-refractivity contribution in [2.75, 3.05) is 6.54 Å². The first-order chi connectivity index (χ1) is 11.6. The molecule has 1 aromatic carbocycles. The van der Waals surface area contributed by atoms with Gasteiger partial charge in [0.2, 0.25) is 5.76 Å². The lowest BCUT2D eigenvalue weighted by molar-refractivity contribution is -0.150. The second-order valence-electron chi connectivity index (χ2n) is 6.27. The van der Waals surface area contributed by atoms with E-state index in [0.717, 1.165) is 24.8 Å². The number of carboxylic acid groups (broad SMARTS) is 1. The number of benzene rings is 1. The lowest BCUT2D eigenvalue weighted by atomic mass is 9.74. The highest BCUT2D eigenvalue weighted by Crippen LogP contribution is 2.36. The highest BCUT2D eigenvalue weighted by Gasteiger charge is 2.40. The van der Waals surface area contributed by atoms with Gasteiger partial charge in [-0.05, 0) is 12.8 Å². The first kappa shape index (κ1) is 16.2. The highest BCUT2D eigenvalue weighted by molar-refractivity contribution is 5.92. The molecule has 3 rings (SSSR count). The normalized spacial score (nSPS) is 16.5. The third-order valence-electron chi connectivity index (χ3n) is 4.66. The molecule has 24 heavy (non-hydrogen) atoms. The van der Waals surface area contributed by atoms with Crippen LogP contribution in [0.15, 0.2) is 40.9 Å². The van der Waals surface area contributed by atoms with Crippen molar-refractivity contribution in [3.63, 3.8) is 0 Å². The van der Waals surface area contributed by atoms with Crippen LogP contribution in [0.4, 0.5) is 0 Å². The zero-order chi connectivity index (χ0) is 17.0. The fourth-order valence-corrected chi connectivity index (χ4v) is 3.16. The van der Waals surface area contributed by atoms with E-state index in [4.69, 9.17) is 4.52 Å². The van der Waals surface area contributed by atoms with Crippen LogP contribution >= 0.6 is 0 Å². The summed E-state index contributed by atoms with van der Waals surface area (Å²) in [5, 5.41) is 16.1. The molecule has 0 spiro atoms. The predicted molar refractivity (Wildman–Crippen MR) is 87.4 cm³/mol. The van der Waals surface area contributed by atoms with Crippen molar-refractivity contribution < 1.29 is 19.2 Å². The topological polar surface area (TPSA) is 92.4 Å². The zero-order valence-corrected chi connectivity index (χ0v) is 13.3. The minimum Gasteiger partial charge on any atom is -0.481 e. The van der Waals surface area contributed by atoms with E-state index >= 15 is 0 Å². The lowest BCUT2D eigenvalue weighted by Gasteiger charge is -2.33. The second-order valence-corrected chi connectivity index (χ2v) is 6.27. The van der Waals surface area contributed by atoms with Crippen molar-refractivity contribution in [2.45, 2.75) is 32.1 Å². The molecule has 0 unspecified atom stereocenters. The summed E-state index contributed by atoms with van der Waals surface area (Å²) >= 11 is 0. The molecule has 2 aromatic rings. The van der Waals surface area contributed by atoms with E-state index in [-0.39, 0.29) is 12.3 Å². The maximum absolute atomic E-state index is 12.3. The quantitative estimate of drug-likeness (QED) is 0.880. The Bertz CT molecular complexity index is 718. The Kier molecular flexibility index (Phi) is 4.64. The minimum absolute atomic E-state index is 0.0881. The van der Waals surface area contributed by atoms with Crippen LogP contribution in [-0.2, 0) is 4.79 Å². The number of carbonyl (C=O) groups is 2. The minimum atomic E-state index is -0.865. The molecule has 1 aliphatic carbocycles. The van der Waals surface area contributed by atoms with E-state index in [9.17, 15) is 14.7 Å². The monoisotopic (exact) mass is 328 g/mol. The molecule has 0 radical (unpaired) electrons. The van der Waals surface area contributed by atoms with Crippen molar-refractivity contribution in [3.8, 4) is 11.3 Å². The van der Waals surface area contributed by atoms with E-state index < -0.39 is 17.3 Å². The summed E-state index contributed by atoms with van der Waals surface area (Å²) in [6.07, 6.45) is 3.99. The predicted octanol–water partition coefficient (Wildman–Crippen LogP) is 3.11. The van der Waals surface area contributed by atoms with Gasteiger partial charge in [0.25, 0.3) is 5.91 Å². The SMILES string of the molecule is O=C(NCC1(C(=O)O)CCCCC1)c1cc(-c2ccccc2)no1. The Morgan fingerprint density at radius 2 is 1.88 bits per heavy atom. The first-order valence-electron chi connectivity index (χ1n) is 8.14. The third-order valence-corrected chi connectivity index (χ3v) is 4.66. The molecule has 1 aromatic heterocycles. The van der Waals surface area contributed by atoms with E-state index in [1.807, 2.05) is 30.3 Å². The Morgan fingerprint density at radius 3 is 2.54 bits per heavy atom. The maximum atomic E-state index is 12.3. The van der Waals surface area contributed by atoms with Gasteiger partial charge in [0, 0.05) is 18.2 Å². The standard InChI is InChI=1S/C18H20N2O4/c21-16(19-12-18(17(22)23)9-5-2-6-10-18)15-11-14(20-24-15)13-7-3-1-4-8-13/h1,3-4,7-8,11H,2,5-6,9-10,12H2,(H,19,21)(H,22,23).